The third kappa shape index (κ3) is 2.37. The Hall–Kier alpha value is -2.14. The molecule has 0 aliphatic heterocycles. The van der Waals surface area contributed by atoms with Gasteiger partial charge in [0.05, 0.1) is 0 Å². The van der Waals surface area contributed by atoms with Crippen molar-refractivity contribution in [1.29, 1.82) is 0 Å². The Morgan fingerprint density at radius 1 is 1.00 bits per heavy atom. The second-order valence-electron chi connectivity index (χ2n) is 4.11. The number of benzene rings is 2. The molecule has 1 aromatic heterocycles. The monoisotopic (exact) mass is 314 g/mol. The average Bonchev–Trinajstić information content (AvgIpc) is 2.93. The lowest BCUT2D eigenvalue weighted by Gasteiger charge is -1.99. The lowest BCUT2D eigenvalue weighted by Crippen LogP contribution is -1.88. The number of anilines is 1. The van der Waals surface area contributed by atoms with Gasteiger partial charge in [-0.15, -0.1) is 0 Å². The molecule has 4 nitrogen and oxygen atoms in total. The molecule has 3 aromatic rings. The Labute approximate surface area is 118 Å². The van der Waals surface area contributed by atoms with E-state index >= 15 is 0 Å². The van der Waals surface area contributed by atoms with Crippen molar-refractivity contribution < 1.29 is 0 Å². The first-order chi connectivity index (χ1) is 9.24. The summed E-state index contributed by atoms with van der Waals surface area (Å²) in [6.45, 7) is 0. The van der Waals surface area contributed by atoms with Gasteiger partial charge in [-0.2, -0.15) is 5.10 Å². The summed E-state index contributed by atoms with van der Waals surface area (Å²) < 4.78 is 0.870. The van der Waals surface area contributed by atoms with E-state index in [0.29, 0.717) is 11.5 Å². The van der Waals surface area contributed by atoms with Crippen molar-refractivity contribution in [3.05, 3.63) is 53.0 Å². The van der Waals surface area contributed by atoms with Crippen molar-refractivity contribution in [3.8, 4) is 22.8 Å². The van der Waals surface area contributed by atoms with Crippen LogP contribution in [0.3, 0.4) is 0 Å². The van der Waals surface area contributed by atoms with Gasteiger partial charge in [0.1, 0.15) is 0 Å². The molecule has 0 atom stereocenters. The van der Waals surface area contributed by atoms with Crippen molar-refractivity contribution in [2.45, 2.75) is 0 Å². The van der Waals surface area contributed by atoms with E-state index in [1.54, 1.807) is 0 Å². The number of rotatable bonds is 2. The molecule has 0 saturated carbocycles. The van der Waals surface area contributed by atoms with Crippen LogP contribution in [-0.4, -0.2) is 15.2 Å². The van der Waals surface area contributed by atoms with Gasteiger partial charge in [0.2, 0.25) is 0 Å². The summed E-state index contributed by atoms with van der Waals surface area (Å²) in [4.78, 5) is 4.48. The molecule has 1 heterocycles. The highest BCUT2D eigenvalue weighted by Crippen LogP contribution is 2.26. The van der Waals surface area contributed by atoms with Crippen LogP contribution in [-0.2, 0) is 0 Å². The van der Waals surface area contributed by atoms with Crippen LogP contribution in [0.15, 0.2) is 53.0 Å². The van der Waals surface area contributed by atoms with Gasteiger partial charge in [-0.25, -0.2) is 4.98 Å². The molecule has 0 fully saturated rings. The molecule has 0 amide bonds. The fourth-order valence-corrected chi connectivity index (χ4v) is 2.05. The van der Waals surface area contributed by atoms with Crippen LogP contribution >= 0.6 is 15.9 Å². The molecule has 0 unspecified atom stereocenters. The zero-order chi connectivity index (χ0) is 13.2. The van der Waals surface area contributed by atoms with Crippen LogP contribution < -0.4 is 5.73 Å². The fraction of sp³-hybridized carbons (Fsp3) is 0. The summed E-state index contributed by atoms with van der Waals surface area (Å²) >= 11 is 3.37. The van der Waals surface area contributed by atoms with Crippen LogP contribution in [0.2, 0.25) is 0 Å². The number of nitrogens with one attached hydrogen (secondary N) is 1. The quantitative estimate of drug-likeness (QED) is 0.711. The molecule has 19 heavy (non-hydrogen) atoms. The lowest BCUT2D eigenvalue weighted by molar-refractivity contribution is 1.10. The van der Waals surface area contributed by atoms with Gasteiger partial charge in [-0.1, -0.05) is 30.3 Å². The smallest absolute Gasteiger partial charge is 0.181 e. The van der Waals surface area contributed by atoms with Crippen molar-refractivity contribution in [3.63, 3.8) is 0 Å². The van der Waals surface area contributed by atoms with Crippen LogP contribution in [0.4, 0.5) is 5.69 Å². The van der Waals surface area contributed by atoms with Crippen LogP contribution in [0, 0.1) is 0 Å². The van der Waals surface area contributed by atoms with Crippen molar-refractivity contribution >= 4 is 21.6 Å². The molecule has 3 rings (SSSR count). The van der Waals surface area contributed by atoms with Crippen molar-refractivity contribution in [2.24, 2.45) is 0 Å². The molecular weight excluding hydrogens is 304 g/mol. The minimum atomic E-state index is 0.637. The maximum absolute atomic E-state index is 5.86. The molecule has 5 heteroatoms. The number of nitrogens with zero attached hydrogens (tertiary/aromatic N) is 2. The lowest BCUT2D eigenvalue weighted by atomic mass is 10.2. The Bertz CT molecular complexity index is 706. The zero-order valence-corrected chi connectivity index (χ0v) is 11.6. The van der Waals surface area contributed by atoms with Gasteiger partial charge in [0.25, 0.3) is 0 Å². The highest BCUT2D eigenvalue weighted by molar-refractivity contribution is 9.10. The van der Waals surface area contributed by atoms with E-state index in [4.69, 9.17) is 5.73 Å². The predicted octanol–water partition coefficient (Wildman–Crippen LogP) is 3.48. The summed E-state index contributed by atoms with van der Waals surface area (Å²) in [7, 11) is 0. The van der Waals surface area contributed by atoms with Gasteiger partial charge in [-0.3, -0.25) is 5.10 Å². The minimum absolute atomic E-state index is 0.637. The van der Waals surface area contributed by atoms with Gasteiger partial charge < -0.3 is 5.73 Å². The number of nitrogen functional groups attached to an aromatic ring is 1. The molecular formula is C14H11BrN4. The minimum Gasteiger partial charge on any atom is -0.398 e. The summed E-state index contributed by atoms with van der Waals surface area (Å²) in [6.07, 6.45) is 0. The largest absolute Gasteiger partial charge is 0.398 e. The van der Waals surface area contributed by atoms with E-state index < -0.39 is 0 Å². The molecule has 2 aromatic carbocycles. The Kier molecular flexibility index (Phi) is 3.05. The second-order valence-corrected chi connectivity index (χ2v) is 4.96. The summed E-state index contributed by atoms with van der Waals surface area (Å²) in [6, 6.07) is 15.5. The van der Waals surface area contributed by atoms with E-state index in [2.05, 4.69) is 31.1 Å². The number of hydrogen-bond acceptors (Lipinski definition) is 3. The predicted molar refractivity (Wildman–Crippen MR) is 79.4 cm³/mol. The van der Waals surface area contributed by atoms with Crippen molar-refractivity contribution in [1.82, 2.24) is 15.2 Å². The summed E-state index contributed by atoms with van der Waals surface area (Å²) in [5, 5.41) is 7.17. The van der Waals surface area contributed by atoms with Crippen LogP contribution in [0.5, 0.6) is 0 Å². The normalized spacial score (nSPS) is 10.6. The number of aromatic amines is 1. The average molecular weight is 315 g/mol. The van der Waals surface area contributed by atoms with Gasteiger partial charge in [-0.05, 0) is 34.1 Å². The Balaban J connectivity index is 1.99. The van der Waals surface area contributed by atoms with Gasteiger partial charge >= 0.3 is 0 Å². The summed E-state index contributed by atoms with van der Waals surface area (Å²) in [5.74, 6) is 1.38. The molecule has 0 saturated heterocycles. The molecule has 0 spiro atoms. The first kappa shape index (κ1) is 11.9. The number of nitrogens with two attached hydrogens (primary N) is 1. The molecule has 3 N–H and O–H groups in total. The third-order valence-electron chi connectivity index (χ3n) is 2.79. The van der Waals surface area contributed by atoms with Crippen molar-refractivity contribution in [2.75, 3.05) is 5.73 Å². The number of halogens is 1. The SMILES string of the molecule is Nc1cc(-c2n[nH]c(-c3ccccc3)n2)ccc1Br. The van der Waals surface area contributed by atoms with Gasteiger partial charge in [0.15, 0.2) is 11.6 Å². The third-order valence-corrected chi connectivity index (χ3v) is 3.51. The fourth-order valence-electron chi connectivity index (χ4n) is 1.80. The Morgan fingerprint density at radius 3 is 2.53 bits per heavy atom. The first-order valence-electron chi connectivity index (χ1n) is 5.77. The molecule has 0 aliphatic carbocycles. The van der Waals surface area contributed by atoms with E-state index in [9.17, 15) is 0 Å². The van der Waals surface area contributed by atoms with Gasteiger partial charge in [0, 0.05) is 21.3 Å². The van der Waals surface area contributed by atoms with E-state index in [1.165, 1.54) is 0 Å². The molecule has 0 bridgehead atoms. The highest BCUT2D eigenvalue weighted by atomic mass is 79.9. The molecule has 0 radical (unpaired) electrons. The highest BCUT2D eigenvalue weighted by Gasteiger charge is 2.08. The summed E-state index contributed by atoms with van der Waals surface area (Å²) in [5.41, 5.74) is 8.43. The van der Waals surface area contributed by atoms with Crippen LogP contribution in [0.25, 0.3) is 22.8 Å². The molecule has 94 valence electrons. The number of aromatic nitrogens is 3. The van der Waals surface area contributed by atoms with E-state index in [-0.39, 0.29) is 0 Å². The Morgan fingerprint density at radius 2 is 1.79 bits per heavy atom. The van der Waals surface area contributed by atoms with E-state index in [1.807, 2.05) is 48.5 Å². The number of hydrogen-bond donors (Lipinski definition) is 2. The maximum atomic E-state index is 5.86. The standard InChI is InChI=1S/C14H11BrN4/c15-11-7-6-10(8-12(11)16)14-17-13(18-19-14)9-4-2-1-3-5-9/h1-8H,16H2,(H,17,18,19). The maximum Gasteiger partial charge on any atom is 0.181 e. The molecule has 0 aliphatic rings. The first-order valence-corrected chi connectivity index (χ1v) is 6.56. The zero-order valence-electron chi connectivity index (χ0n) is 9.97. The topological polar surface area (TPSA) is 67.6 Å². The van der Waals surface area contributed by atoms with Crippen LogP contribution in [0.1, 0.15) is 0 Å². The second kappa shape index (κ2) is 4.85. The number of H-pyrrole nitrogens is 1. The van der Waals surface area contributed by atoms with E-state index in [0.717, 1.165) is 21.4 Å².